The predicted octanol–water partition coefficient (Wildman–Crippen LogP) is 6.31. The fraction of sp³-hybridized carbons (Fsp3) is 0.179. The summed E-state index contributed by atoms with van der Waals surface area (Å²) in [6.45, 7) is 3.77. The third kappa shape index (κ3) is 5.14. The van der Waals surface area contributed by atoms with E-state index in [-0.39, 0.29) is 12.2 Å². The Balaban J connectivity index is 1.64. The molecule has 0 aliphatic carbocycles. The van der Waals surface area contributed by atoms with Crippen LogP contribution in [0.2, 0.25) is 0 Å². The minimum absolute atomic E-state index is 0.229. The summed E-state index contributed by atoms with van der Waals surface area (Å²) in [4.78, 5) is 33.1. The predicted molar refractivity (Wildman–Crippen MR) is 158 cm³/mol. The van der Waals surface area contributed by atoms with Crippen molar-refractivity contribution in [1.82, 2.24) is 4.57 Å². The highest BCUT2D eigenvalue weighted by Gasteiger charge is 2.33. The number of furan rings is 1. The molecule has 2 aromatic heterocycles. The number of hydrogen-bond donors (Lipinski definition) is 0. The van der Waals surface area contributed by atoms with Crippen LogP contribution >= 0.6 is 55.0 Å². The molecule has 1 aliphatic heterocycles. The van der Waals surface area contributed by atoms with Crippen LogP contribution in [0.15, 0.2) is 93.9 Å². The van der Waals surface area contributed by atoms with Gasteiger partial charge in [-0.15, -0.1) is 11.8 Å². The zero-order valence-electron chi connectivity index (χ0n) is 20.7. The van der Waals surface area contributed by atoms with Gasteiger partial charge in [0.1, 0.15) is 11.5 Å². The van der Waals surface area contributed by atoms with Crippen LogP contribution in [-0.2, 0) is 9.53 Å². The Hall–Kier alpha value is -2.66. The number of halogens is 2. The second kappa shape index (κ2) is 11.2. The molecule has 0 saturated carbocycles. The molecule has 1 atom stereocenters. The molecule has 2 aromatic carbocycles. The number of fused-ring (bicyclic) bond motifs is 1. The van der Waals surface area contributed by atoms with Crippen LogP contribution in [0.5, 0.6) is 0 Å². The molecular formula is C28H22Br2N2O4S2. The number of ether oxygens (including phenoxy) is 1. The lowest BCUT2D eigenvalue weighted by molar-refractivity contribution is -0.139. The highest BCUT2D eigenvalue weighted by atomic mass is 79.9. The smallest absolute Gasteiger partial charge is 0.338 e. The number of thioether (sulfide) groups is 1. The molecule has 6 nitrogen and oxygen atoms in total. The van der Waals surface area contributed by atoms with Gasteiger partial charge in [0.05, 0.1) is 28.5 Å². The van der Waals surface area contributed by atoms with E-state index < -0.39 is 12.0 Å². The monoisotopic (exact) mass is 672 g/mol. The summed E-state index contributed by atoms with van der Waals surface area (Å²) in [6.07, 6.45) is 3.72. The zero-order chi connectivity index (χ0) is 27.0. The number of nitrogens with zero attached hydrogens (tertiary/aromatic N) is 2. The van der Waals surface area contributed by atoms with Gasteiger partial charge >= 0.3 is 5.97 Å². The molecule has 0 radical (unpaired) electrons. The van der Waals surface area contributed by atoms with Gasteiger partial charge in [-0.3, -0.25) is 9.36 Å². The Bertz CT molecular complexity index is 1750. The summed E-state index contributed by atoms with van der Waals surface area (Å²) >= 11 is 9.96. The van der Waals surface area contributed by atoms with Gasteiger partial charge in [0.15, 0.2) is 4.80 Å². The standard InChI is InChI=1S/C28H22Br2N2O4S2/c1-4-35-27(34)24-15(2)31-28-32(25(24)16-5-9-19(37-3)10-6-16)26(33)23(38-28)14-18-8-12-22(36-18)20-13-17(29)7-11-21(20)30/h5-14,25H,4H2,1-3H3/b23-14+/t25-/m0/s1. The first kappa shape index (κ1) is 26.9. The maximum absolute atomic E-state index is 13.8. The van der Waals surface area contributed by atoms with E-state index in [1.54, 1.807) is 36.3 Å². The highest BCUT2D eigenvalue weighted by Crippen LogP contribution is 2.33. The molecule has 1 aliphatic rings. The summed E-state index contributed by atoms with van der Waals surface area (Å²) in [6, 6.07) is 16.8. The Kier molecular flexibility index (Phi) is 7.95. The molecule has 0 unspecified atom stereocenters. The molecule has 0 fully saturated rings. The zero-order valence-corrected chi connectivity index (χ0v) is 25.5. The van der Waals surface area contributed by atoms with Crippen molar-refractivity contribution >= 4 is 67.0 Å². The summed E-state index contributed by atoms with van der Waals surface area (Å²) in [5, 5.41) is 0. The minimum atomic E-state index is -0.645. The molecule has 0 N–H and O–H groups in total. The van der Waals surface area contributed by atoms with Crippen molar-refractivity contribution in [2.24, 2.45) is 4.99 Å². The van der Waals surface area contributed by atoms with Crippen LogP contribution < -0.4 is 14.9 Å². The van der Waals surface area contributed by atoms with Gasteiger partial charge in [0.2, 0.25) is 0 Å². The van der Waals surface area contributed by atoms with E-state index >= 15 is 0 Å². The third-order valence-electron chi connectivity index (χ3n) is 6.04. The lowest BCUT2D eigenvalue weighted by Gasteiger charge is -2.24. The largest absolute Gasteiger partial charge is 0.463 e. The van der Waals surface area contributed by atoms with E-state index in [0.29, 0.717) is 32.1 Å². The second-order valence-electron chi connectivity index (χ2n) is 8.40. The van der Waals surface area contributed by atoms with Gasteiger partial charge in [-0.05, 0) is 68.1 Å². The van der Waals surface area contributed by atoms with Crippen molar-refractivity contribution in [3.63, 3.8) is 0 Å². The maximum Gasteiger partial charge on any atom is 0.338 e. The summed E-state index contributed by atoms with van der Waals surface area (Å²) in [5.41, 5.74) is 2.36. The quantitative estimate of drug-likeness (QED) is 0.177. The van der Waals surface area contributed by atoms with E-state index in [2.05, 4.69) is 36.9 Å². The van der Waals surface area contributed by atoms with Crippen LogP contribution in [0, 0.1) is 0 Å². The first-order chi connectivity index (χ1) is 18.3. The summed E-state index contributed by atoms with van der Waals surface area (Å²) < 4.78 is 15.3. The van der Waals surface area contributed by atoms with Crippen LogP contribution in [0.4, 0.5) is 0 Å². The van der Waals surface area contributed by atoms with Crippen molar-refractivity contribution in [3.8, 4) is 11.3 Å². The fourth-order valence-corrected chi connectivity index (χ4v) is 6.52. The Morgan fingerprint density at radius 2 is 1.95 bits per heavy atom. The summed E-state index contributed by atoms with van der Waals surface area (Å²) in [7, 11) is 0. The molecule has 0 amide bonds. The fourth-order valence-electron chi connectivity index (χ4n) is 4.28. The molecule has 3 heterocycles. The Morgan fingerprint density at radius 3 is 2.66 bits per heavy atom. The molecule has 38 heavy (non-hydrogen) atoms. The molecule has 4 aromatic rings. The number of benzene rings is 2. The van der Waals surface area contributed by atoms with E-state index in [1.807, 2.05) is 60.9 Å². The number of aromatic nitrogens is 1. The van der Waals surface area contributed by atoms with Crippen LogP contribution in [-0.4, -0.2) is 23.4 Å². The van der Waals surface area contributed by atoms with Gasteiger partial charge in [0.25, 0.3) is 5.56 Å². The van der Waals surface area contributed by atoms with E-state index in [9.17, 15) is 9.59 Å². The topological polar surface area (TPSA) is 73.8 Å². The maximum atomic E-state index is 13.8. The molecule has 10 heteroatoms. The van der Waals surface area contributed by atoms with E-state index in [4.69, 9.17) is 9.15 Å². The molecular weight excluding hydrogens is 652 g/mol. The van der Waals surface area contributed by atoms with E-state index in [0.717, 1.165) is 25.0 Å². The molecule has 0 spiro atoms. The van der Waals surface area contributed by atoms with Crippen molar-refractivity contribution in [2.45, 2.75) is 24.8 Å². The SMILES string of the molecule is CCOC(=O)C1=C(C)N=c2s/c(=C/c3ccc(-c4cc(Br)ccc4Br)o3)c(=O)n2[C@H]1c1ccc(SC)cc1. The third-order valence-corrected chi connectivity index (χ3v) is 8.95. The molecule has 194 valence electrons. The number of carbonyl (C=O) groups is 1. The average molecular weight is 674 g/mol. The molecule has 0 saturated heterocycles. The molecule has 5 rings (SSSR count). The first-order valence-electron chi connectivity index (χ1n) is 11.7. The first-order valence-corrected chi connectivity index (χ1v) is 15.3. The van der Waals surface area contributed by atoms with Crippen molar-refractivity contribution in [2.75, 3.05) is 12.9 Å². The average Bonchev–Trinajstić information content (AvgIpc) is 3.49. The van der Waals surface area contributed by atoms with Crippen LogP contribution in [0.25, 0.3) is 17.4 Å². The number of thiazole rings is 1. The Labute approximate surface area is 244 Å². The minimum Gasteiger partial charge on any atom is -0.463 e. The van der Waals surface area contributed by atoms with Crippen LogP contribution in [0.1, 0.15) is 31.2 Å². The number of esters is 1. The number of carbonyl (C=O) groups excluding carboxylic acids is 1. The van der Waals surface area contributed by atoms with Gasteiger partial charge in [0, 0.05) is 25.5 Å². The van der Waals surface area contributed by atoms with Gasteiger partial charge < -0.3 is 9.15 Å². The normalized spacial score (nSPS) is 15.4. The van der Waals surface area contributed by atoms with Gasteiger partial charge in [-0.25, -0.2) is 9.79 Å². The van der Waals surface area contributed by atoms with Crippen molar-refractivity contribution < 1.29 is 13.9 Å². The molecule has 0 bridgehead atoms. The highest BCUT2D eigenvalue weighted by molar-refractivity contribution is 9.11. The summed E-state index contributed by atoms with van der Waals surface area (Å²) in [5.74, 6) is 0.737. The number of rotatable bonds is 6. The van der Waals surface area contributed by atoms with Gasteiger partial charge in [-0.2, -0.15) is 0 Å². The van der Waals surface area contributed by atoms with Crippen LogP contribution in [0.3, 0.4) is 0 Å². The number of allylic oxidation sites excluding steroid dienone is 1. The second-order valence-corrected chi connectivity index (χ2v) is 12.1. The lowest BCUT2D eigenvalue weighted by atomic mass is 9.96. The van der Waals surface area contributed by atoms with Crippen molar-refractivity contribution in [3.05, 3.63) is 106 Å². The Morgan fingerprint density at radius 1 is 1.18 bits per heavy atom. The van der Waals surface area contributed by atoms with Gasteiger partial charge in [-0.1, -0.05) is 55.3 Å². The van der Waals surface area contributed by atoms with Crippen molar-refractivity contribution in [1.29, 1.82) is 0 Å². The van der Waals surface area contributed by atoms with E-state index in [1.165, 1.54) is 11.3 Å². The number of hydrogen-bond acceptors (Lipinski definition) is 7. The lowest BCUT2D eigenvalue weighted by Crippen LogP contribution is -2.39.